The highest BCUT2D eigenvalue weighted by molar-refractivity contribution is 5.77. The molecule has 1 aromatic rings. The van der Waals surface area contributed by atoms with Gasteiger partial charge in [0.05, 0.1) is 13.2 Å². The number of piperidine rings is 1. The maximum absolute atomic E-state index is 11.9. The molecule has 1 aliphatic rings. The zero-order valence-corrected chi connectivity index (χ0v) is 14.0. The largest absolute Gasteiger partial charge is 0.497 e. The number of ether oxygens (including phenoxy) is 1. The number of carbonyl (C=O) groups excluding carboxylic acids is 1. The molecule has 2 rings (SSSR count). The standard InChI is InChI=1S/C18H28N2O2/c1-14(2)18(21)19-13-17(20-11-5-4-6-12-20)15-7-9-16(22-3)10-8-15/h7-10,14,17H,4-6,11-13H2,1-3H3,(H,19,21)/t17-/m0/s1. The van der Waals surface area contributed by atoms with Gasteiger partial charge in [0.1, 0.15) is 5.75 Å². The second kappa shape index (κ2) is 8.18. The summed E-state index contributed by atoms with van der Waals surface area (Å²) in [6.45, 7) is 6.74. The fourth-order valence-corrected chi connectivity index (χ4v) is 2.92. The lowest BCUT2D eigenvalue weighted by Crippen LogP contribution is -2.41. The minimum Gasteiger partial charge on any atom is -0.497 e. The van der Waals surface area contributed by atoms with E-state index in [4.69, 9.17) is 4.74 Å². The molecule has 0 aromatic heterocycles. The summed E-state index contributed by atoms with van der Waals surface area (Å²) in [5, 5.41) is 3.09. The number of carbonyl (C=O) groups is 1. The molecule has 1 N–H and O–H groups in total. The lowest BCUT2D eigenvalue weighted by atomic mass is 10.0. The predicted molar refractivity (Wildman–Crippen MR) is 89.0 cm³/mol. The molecule has 4 heteroatoms. The van der Waals surface area contributed by atoms with E-state index < -0.39 is 0 Å². The van der Waals surface area contributed by atoms with Crippen LogP contribution in [0.3, 0.4) is 0 Å². The SMILES string of the molecule is COc1ccc([C@H](CNC(=O)C(C)C)N2CCCCC2)cc1. The molecule has 0 spiro atoms. The Morgan fingerprint density at radius 2 is 1.82 bits per heavy atom. The van der Waals surface area contributed by atoms with E-state index in [2.05, 4.69) is 22.3 Å². The summed E-state index contributed by atoms with van der Waals surface area (Å²) in [5.74, 6) is 1.01. The molecule has 0 aliphatic carbocycles. The summed E-state index contributed by atoms with van der Waals surface area (Å²) < 4.78 is 5.24. The molecular weight excluding hydrogens is 276 g/mol. The lowest BCUT2D eigenvalue weighted by molar-refractivity contribution is -0.124. The summed E-state index contributed by atoms with van der Waals surface area (Å²) in [5.41, 5.74) is 1.24. The smallest absolute Gasteiger partial charge is 0.222 e. The van der Waals surface area contributed by atoms with Gasteiger partial charge in [-0.3, -0.25) is 9.69 Å². The molecule has 122 valence electrons. The van der Waals surface area contributed by atoms with Gasteiger partial charge in [0, 0.05) is 12.5 Å². The first-order valence-corrected chi connectivity index (χ1v) is 8.27. The highest BCUT2D eigenvalue weighted by Gasteiger charge is 2.23. The van der Waals surface area contributed by atoms with E-state index in [1.807, 2.05) is 26.0 Å². The Hall–Kier alpha value is -1.55. The highest BCUT2D eigenvalue weighted by Crippen LogP contribution is 2.25. The van der Waals surface area contributed by atoms with Gasteiger partial charge in [0.25, 0.3) is 0 Å². The number of nitrogens with zero attached hydrogens (tertiary/aromatic N) is 1. The molecule has 4 nitrogen and oxygen atoms in total. The normalized spacial score (nSPS) is 17.3. The van der Waals surface area contributed by atoms with Gasteiger partial charge in [0.15, 0.2) is 0 Å². The number of likely N-dealkylation sites (tertiary alicyclic amines) is 1. The van der Waals surface area contributed by atoms with Crippen LogP contribution in [0, 0.1) is 5.92 Å². The van der Waals surface area contributed by atoms with E-state index in [1.54, 1.807) is 7.11 Å². The molecule has 0 radical (unpaired) electrons. The van der Waals surface area contributed by atoms with Crippen molar-refractivity contribution in [3.05, 3.63) is 29.8 Å². The van der Waals surface area contributed by atoms with Crippen LogP contribution in [0.2, 0.25) is 0 Å². The Kier molecular flexibility index (Phi) is 6.25. The van der Waals surface area contributed by atoms with E-state index in [1.165, 1.54) is 24.8 Å². The first-order valence-electron chi connectivity index (χ1n) is 8.27. The molecule has 1 atom stereocenters. The van der Waals surface area contributed by atoms with Crippen molar-refractivity contribution in [3.8, 4) is 5.75 Å². The maximum Gasteiger partial charge on any atom is 0.222 e. The van der Waals surface area contributed by atoms with Crippen LogP contribution in [-0.2, 0) is 4.79 Å². The average molecular weight is 304 g/mol. The number of hydrogen-bond acceptors (Lipinski definition) is 3. The molecule has 22 heavy (non-hydrogen) atoms. The number of amides is 1. The van der Waals surface area contributed by atoms with Crippen LogP contribution >= 0.6 is 0 Å². The van der Waals surface area contributed by atoms with Crippen LogP contribution in [0.15, 0.2) is 24.3 Å². The number of benzene rings is 1. The van der Waals surface area contributed by atoms with E-state index in [0.717, 1.165) is 18.8 Å². The third kappa shape index (κ3) is 4.47. The van der Waals surface area contributed by atoms with Crippen molar-refractivity contribution in [1.82, 2.24) is 10.2 Å². The second-order valence-electron chi connectivity index (χ2n) is 6.29. The molecule has 1 aromatic carbocycles. The fraction of sp³-hybridized carbons (Fsp3) is 0.611. The third-order valence-corrected chi connectivity index (χ3v) is 4.33. The van der Waals surface area contributed by atoms with Crippen LogP contribution in [0.4, 0.5) is 0 Å². The third-order valence-electron chi connectivity index (χ3n) is 4.33. The molecule has 0 bridgehead atoms. The molecule has 0 unspecified atom stereocenters. The summed E-state index contributed by atoms with van der Waals surface area (Å²) in [4.78, 5) is 14.4. The minimum atomic E-state index is 0.0258. The topological polar surface area (TPSA) is 41.6 Å². The van der Waals surface area contributed by atoms with E-state index in [0.29, 0.717) is 6.54 Å². The van der Waals surface area contributed by atoms with Gasteiger partial charge >= 0.3 is 0 Å². The van der Waals surface area contributed by atoms with Crippen LogP contribution in [0.5, 0.6) is 5.75 Å². The number of hydrogen-bond donors (Lipinski definition) is 1. The first-order chi connectivity index (χ1) is 10.6. The van der Waals surface area contributed by atoms with E-state index >= 15 is 0 Å². The van der Waals surface area contributed by atoms with Crippen LogP contribution < -0.4 is 10.1 Å². The molecule has 1 saturated heterocycles. The van der Waals surface area contributed by atoms with Gasteiger partial charge in [-0.2, -0.15) is 0 Å². The second-order valence-corrected chi connectivity index (χ2v) is 6.29. The molecule has 0 saturated carbocycles. The Balaban J connectivity index is 2.10. The summed E-state index contributed by atoms with van der Waals surface area (Å²) >= 11 is 0. The Morgan fingerprint density at radius 3 is 2.36 bits per heavy atom. The Morgan fingerprint density at radius 1 is 1.18 bits per heavy atom. The van der Waals surface area contributed by atoms with Gasteiger partial charge in [0.2, 0.25) is 5.91 Å². The minimum absolute atomic E-state index is 0.0258. The van der Waals surface area contributed by atoms with Crippen LogP contribution in [-0.4, -0.2) is 37.6 Å². The van der Waals surface area contributed by atoms with E-state index in [9.17, 15) is 4.79 Å². The number of rotatable bonds is 6. The predicted octanol–water partition coefficient (Wildman–Crippen LogP) is 2.99. The zero-order valence-electron chi connectivity index (χ0n) is 14.0. The van der Waals surface area contributed by atoms with Crippen molar-refractivity contribution >= 4 is 5.91 Å². The summed E-state index contributed by atoms with van der Waals surface area (Å²) in [7, 11) is 1.68. The van der Waals surface area contributed by atoms with Crippen LogP contribution in [0.25, 0.3) is 0 Å². The van der Waals surface area contributed by atoms with Crippen molar-refractivity contribution in [2.24, 2.45) is 5.92 Å². The molecule has 1 aliphatic heterocycles. The van der Waals surface area contributed by atoms with Gasteiger partial charge in [-0.15, -0.1) is 0 Å². The fourth-order valence-electron chi connectivity index (χ4n) is 2.92. The van der Waals surface area contributed by atoms with Crippen molar-refractivity contribution in [3.63, 3.8) is 0 Å². The maximum atomic E-state index is 11.9. The number of methoxy groups -OCH3 is 1. The molecule has 1 heterocycles. The van der Waals surface area contributed by atoms with Crippen molar-refractivity contribution in [2.75, 3.05) is 26.7 Å². The number of nitrogens with one attached hydrogen (secondary N) is 1. The Labute approximate surface area is 133 Å². The first kappa shape index (κ1) is 16.8. The van der Waals surface area contributed by atoms with Gasteiger partial charge in [-0.05, 0) is 43.6 Å². The average Bonchev–Trinajstić information content (AvgIpc) is 2.56. The Bertz CT molecular complexity index is 464. The van der Waals surface area contributed by atoms with Crippen molar-refractivity contribution in [2.45, 2.75) is 39.2 Å². The zero-order chi connectivity index (χ0) is 15.9. The van der Waals surface area contributed by atoms with Gasteiger partial charge in [-0.25, -0.2) is 0 Å². The molecular formula is C18H28N2O2. The lowest BCUT2D eigenvalue weighted by Gasteiger charge is -2.35. The monoisotopic (exact) mass is 304 g/mol. The molecule has 1 amide bonds. The van der Waals surface area contributed by atoms with E-state index in [-0.39, 0.29) is 17.9 Å². The van der Waals surface area contributed by atoms with Crippen LogP contribution in [0.1, 0.15) is 44.7 Å². The summed E-state index contributed by atoms with van der Waals surface area (Å²) in [6.07, 6.45) is 3.79. The highest BCUT2D eigenvalue weighted by atomic mass is 16.5. The molecule has 1 fully saturated rings. The van der Waals surface area contributed by atoms with Crippen molar-refractivity contribution < 1.29 is 9.53 Å². The van der Waals surface area contributed by atoms with Gasteiger partial charge in [-0.1, -0.05) is 32.4 Å². The quantitative estimate of drug-likeness (QED) is 0.878. The van der Waals surface area contributed by atoms with Crippen molar-refractivity contribution in [1.29, 1.82) is 0 Å². The summed E-state index contributed by atoms with van der Waals surface area (Å²) in [6, 6.07) is 8.46. The van der Waals surface area contributed by atoms with Gasteiger partial charge < -0.3 is 10.1 Å².